The second kappa shape index (κ2) is 8.16. The molecule has 2 unspecified atom stereocenters. The third-order valence-electron chi connectivity index (χ3n) is 1.61. The van der Waals surface area contributed by atoms with Crippen LogP contribution in [0.4, 0.5) is 0 Å². The van der Waals surface area contributed by atoms with Crippen LogP contribution in [0, 0.1) is 0 Å². The highest BCUT2D eigenvalue weighted by Gasteiger charge is 2.16. The number of thiol groups is 1. The van der Waals surface area contributed by atoms with Crippen molar-refractivity contribution < 1.29 is 22.4 Å². The van der Waals surface area contributed by atoms with Crippen LogP contribution in [0.25, 0.3) is 0 Å². The van der Waals surface area contributed by atoms with E-state index in [0.717, 1.165) is 19.3 Å². The maximum absolute atomic E-state index is 10.2. The molecule has 0 radical (unpaired) electrons. The molecular weight excluding hydrogens is 208 g/mol. The first kappa shape index (κ1) is 13.8. The van der Waals surface area contributed by atoms with Gasteiger partial charge in [-0.05, 0) is 13.3 Å². The molecule has 0 saturated heterocycles. The molecule has 0 aromatic heterocycles. The zero-order valence-electron chi connectivity index (χ0n) is 8.51. The van der Waals surface area contributed by atoms with Gasteiger partial charge >= 0.3 is 0 Å². The van der Waals surface area contributed by atoms with E-state index in [4.69, 9.17) is 9.84 Å². The van der Waals surface area contributed by atoms with Crippen LogP contribution in [0.5, 0.6) is 0 Å². The molecule has 0 aromatic rings. The van der Waals surface area contributed by atoms with Gasteiger partial charge in [-0.3, -0.25) is 0 Å². The molecule has 0 aromatic carbocycles. The molecule has 0 heterocycles. The summed E-state index contributed by atoms with van der Waals surface area (Å²) in [5, 5.41) is 9.10. The van der Waals surface area contributed by atoms with Crippen LogP contribution in [0.3, 0.4) is 0 Å². The van der Waals surface area contributed by atoms with Gasteiger partial charge in [0.2, 0.25) is 6.29 Å². The van der Waals surface area contributed by atoms with Crippen molar-refractivity contribution in [2.75, 3.05) is 6.61 Å². The molecule has 1 N–H and O–H groups in total. The normalized spacial score (nSPS) is 15.7. The van der Waals surface area contributed by atoms with Gasteiger partial charge in [0, 0.05) is 6.61 Å². The summed E-state index contributed by atoms with van der Waals surface area (Å²) in [6.45, 7) is 3.87. The number of hydrogen-bond acceptors (Lipinski definition) is 5. The van der Waals surface area contributed by atoms with E-state index >= 15 is 0 Å². The average Bonchev–Trinajstić information content (AvgIpc) is 2.09. The fourth-order valence-corrected chi connectivity index (χ4v) is 1.30. The third kappa shape index (κ3) is 7.25. The molecule has 0 fully saturated rings. The van der Waals surface area contributed by atoms with Gasteiger partial charge in [-0.15, -0.1) is 0 Å². The fraction of sp³-hybridized carbons (Fsp3) is 1.00. The third-order valence-corrected chi connectivity index (χ3v) is 1.99. The molecule has 2 atom stereocenters. The topological polar surface area (TPSA) is 72.8 Å². The van der Waals surface area contributed by atoms with Gasteiger partial charge in [-0.2, -0.15) is 0 Å². The van der Waals surface area contributed by atoms with Crippen molar-refractivity contribution >= 4 is 11.0 Å². The van der Waals surface area contributed by atoms with Gasteiger partial charge in [0.1, 0.15) is 6.10 Å². The molecule has 0 amide bonds. The number of unbranched alkanes of at least 4 members (excludes halogenated alkanes) is 2. The summed E-state index contributed by atoms with van der Waals surface area (Å²) < 4.78 is 29.9. The lowest BCUT2D eigenvalue weighted by Gasteiger charge is -2.17. The first-order valence-electron chi connectivity index (χ1n) is 4.68. The van der Waals surface area contributed by atoms with Crippen molar-refractivity contribution in [2.45, 2.75) is 45.5 Å². The highest BCUT2D eigenvalue weighted by molar-refractivity contribution is 7.67. The Kier molecular flexibility index (Phi) is 8.07. The molecule has 0 bridgehead atoms. The van der Waals surface area contributed by atoms with Gasteiger partial charge in [0.15, 0.2) is 0 Å². The smallest absolute Gasteiger partial charge is 0.259 e. The largest absolute Gasteiger partial charge is 0.388 e. The Morgan fingerprint density at radius 3 is 2.43 bits per heavy atom. The first-order chi connectivity index (χ1) is 6.57. The maximum atomic E-state index is 10.2. The van der Waals surface area contributed by atoms with Crippen molar-refractivity contribution in [2.24, 2.45) is 0 Å². The van der Waals surface area contributed by atoms with E-state index in [1.807, 2.05) is 0 Å². The summed E-state index contributed by atoms with van der Waals surface area (Å²) in [5.41, 5.74) is 0. The minimum absolute atomic E-state index is 0.395. The van der Waals surface area contributed by atoms with Crippen molar-refractivity contribution in [3.63, 3.8) is 0 Å². The highest BCUT2D eigenvalue weighted by Crippen LogP contribution is 2.04. The van der Waals surface area contributed by atoms with E-state index in [-0.39, 0.29) is 0 Å². The Balaban J connectivity index is 3.74. The average molecular weight is 226 g/mol. The maximum Gasteiger partial charge on any atom is 0.259 e. The second-order valence-corrected chi connectivity index (χ2v) is 3.67. The van der Waals surface area contributed by atoms with E-state index in [1.54, 1.807) is 0 Å². The minimum Gasteiger partial charge on any atom is -0.388 e. The van der Waals surface area contributed by atoms with Gasteiger partial charge < -0.3 is 9.84 Å². The molecule has 6 heteroatoms. The SMILES string of the molecule is CCCCCOC(O[SH](=O)=O)C(C)O. The van der Waals surface area contributed by atoms with Crippen LogP contribution in [0.1, 0.15) is 33.1 Å². The Labute approximate surface area is 86.2 Å². The van der Waals surface area contributed by atoms with Crippen LogP contribution in [0.15, 0.2) is 0 Å². The van der Waals surface area contributed by atoms with Crippen molar-refractivity contribution in [1.82, 2.24) is 0 Å². The molecule has 0 spiro atoms. The lowest BCUT2D eigenvalue weighted by molar-refractivity contribution is -0.135. The molecular formula is C8H18O5S. The van der Waals surface area contributed by atoms with Crippen molar-refractivity contribution in [3.05, 3.63) is 0 Å². The van der Waals surface area contributed by atoms with Gasteiger partial charge in [-0.25, -0.2) is 12.6 Å². The van der Waals surface area contributed by atoms with Gasteiger partial charge in [-0.1, -0.05) is 19.8 Å². The van der Waals surface area contributed by atoms with Crippen molar-refractivity contribution in [1.29, 1.82) is 0 Å². The molecule has 0 saturated carbocycles. The monoisotopic (exact) mass is 226 g/mol. The number of rotatable bonds is 8. The van der Waals surface area contributed by atoms with E-state index in [0.29, 0.717) is 6.61 Å². The van der Waals surface area contributed by atoms with E-state index in [9.17, 15) is 8.42 Å². The summed E-state index contributed by atoms with van der Waals surface area (Å²) in [5.74, 6) is 0. The standard InChI is InChI=1S/C8H18O5S/c1-3-4-5-6-12-8(7(2)9)13-14(10)11/h7-9,14H,3-6H2,1-2H3. The Morgan fingerprint density at radius 2 is 2.00 bits per heavy atom. The van der Waals surface area contributed by atoms with Gasteiger partial charge in [0.05, 0.1) is 0 Å². The Morgan fingerprint density at radius 1 is 1.36 bits per heavy atom. The lowest BCUT2D eigenvalue weighted by atomic mass is 10.3. The zero-order chi connectivity index (χ0) is 11.0. The predicted octanol–water partition coefficient (Wildman–Crippen LogP) is 0.443. The molecule has 0 aliphatic heterocycles. The van der Waals surface area contributed by atoms with Crippen LogP contribution < -0.4 is 0 Å². The summed E-state index contributed by atoms with van der Waals surface area (Å²) in [7, 11) is -2.98. The fourth-order valence-electron chi connectivity index (χ4n) is 0.894. The van der Waals surface area contributed by atoms with Crippen LogP contribution in [-0.2, 0) is 19.9 Å². The molecule has 14 heavy (non-hydrogen) atoms. The molecule has 5 nitrogen and oxygen atoms in total. The number of hydrogen-bond donors (Lipinski definition) is 2. The molecule has 0 aliphatic rings. The zero-order valence-corrected chi connectivity index (χ0v) is 9.40. The molecule has 0 rings (SSSR count). The number of ether oxygens (including phenoxy) is 1. The number of aliphatic hydroxyl groups excluding tert-OH is 1. The van der Waals surface area contributed by atoms with Crippen LogP contribution >= 0.6 is 0 Å². The van der Waals surface area contributed by atoms with E-state index in [2.05, 4.69) is 11.1 Å². The Hall–Kier alpha value is -0.170. The summed E-state index contributed by atoms with van der Waals surface area (Å²) >= 11 is 0. The highest BCUT2D eigenvalue weighted by atomic mass is 32.2. The second-order valence-electron chi connectivity index (χ2n) is 3.02. The quantitative estimate of drug-likeness (QED) is 0.357. The van der Waals surface area contributed by atoms with E-state index < -0.39 is 23.4 Å². The summed E-state index contributed by atoms with van der Waals surface area (Å²) in [6, 6.07) is 0. The predicted molar refractivity (Wildman–Crippen MR) is 52.3 cm³/mol. The van der Waals surface area contributed by atoms with E-state index in [1.165, 1.54) is 6.92 Å². The molecule has 86 valence electrons. The van der Waals surface area contributed by atoms with Gasteiger partial charge in [0.25, 0.3) is 11.0 Å². The van der Waals surface area contributed by atoms with Crippen LogP contribution in [0.2, 0.25) is 0 Å². The van der Waals surface area contributed by atoms with Crippen LogP contribution in [-0.4, -0.2) is 32.5 Å². The van der Waals surface area contributed by atoms with Crippen molar-refractivity contribution in [3.8, 4) is 0 Å². The minimum atomic E-state index is -2.98. The summed E-state index contributed by atoms with van der Waals surface area (Å²) in [6.07, 6.45) is 0.867. The first-order valence-corrected chi connectivity index (χ1v) is 5.78. The number of aliphatic hydroxyl groups is 1. The lowest BCUT2D eigenvalue weighted by Crippen LogP contribution is -2.29. The Bertz CT molecular complexity index is 194. The summed E-state index contributed by atoms with van der Waals surface area (Å²) in [4.78, 5) is 0. The molecule has 0 aliphatic carbocycles.